The van der Waals surface area contributed by atoms with E-state index in [4.69, 9.17) is 16.3 Å². The first kappa shape index (κ1) is 10.3. The molecule has 0 N–H and O–H groups in total. The molecule has 0 unspecified atom stereocenters. The lowest BCUT2D eigenvalue weighted by Gasteiger charge is -2.14. The highest BCUT2D eigenvalue weighted by Crippen LogP contribution is 2.31. The fourth-order valence-corrected chi connectivity index (χ4v) is 2.53. The van der Waals surface area contributed by atoms with Gasteiger partial charge in [-0.25, -0.2) is 0 Å². The van der Waals surface area contributed by atoms with Crippen LogP contribution in [0.2, 0.25) is 5.02 Å². The summed E-state index contributed by atoms with van der Waals surface area (Å²) >= 11 is 9.29. The highest BCUT2D eigenvalue weighted by Gasteiger charge is 2.17. The van der Waals surface area contributed by atoms with Gasteiger partial charge in [0.25, 0.3) is 0 Å². The largest absolute Gasteiger partial charge is 0.489 e. The highest BCUT2D eigenvalue weighted by atomic mass is 79.9. The van der Waals surface area contributed by atoms with Crippen molar-refractivity contribution in [2.75, 3.05) is 0 Å². The molecule has 0 aromatic heterocycles. The van der Waals surface area contributed by atoms with E-state index in [1.807, 2.05) is 18.2 Å². The van der Waals surface area contributed by atoms with Crippen molar-refractivity contribution in [3.05, 3.63) is 27.7 Å². The van der Waals surface area contributed by atoms with Gasteiger partial charge < -0.3 is 4.74 Å². The van der Waals surface area contributed by atoms with E-state index in [2.05, 4.69) is 15.9 Å². The van der Waals surface area contributed by atoms with Crippen molar-refractivity contribution in [1.29, 1.82) is 0 Å². The highest BCUT2D eigenvalue weighted by molar-refractivity contribution is 9.10. The summed E-state index contributed by atoms with van der Waals surface area (Å²) < 4.78 is 6.80. The molecular weight excluding hydrogens is 263 g/mol. The third-order valence-electron chi connectivity index (χ3n) is 2.49. The van der Waals surface area contributed by atoms with Gasteiger partial charge in [0.15, 0.2) is 0 Å². The molecule has 3 heteroatoms. The maximum atomic E-state index is 5.86. The molecule has 1 aromatic carbocycles. The van der Waals surface area contributed by atoms with Crippen LogP contribution < -0.4 is 4.74 Å². The monoisotopic (exact) mass is 274 g/mol. The Morgan fingerprint density at radius 3 is 2.64 bits per heavy atom. The van der Waals surface area contributed by atoms with Crippen LogP contribution in [0.3, 0.4) is 0 Å². The summed E-state index contributed by atoms with van der Waals surface area (Å²) in [6, 6.07) is 5.65. The van der Waals surface area contributed by atoms with E-state index in [9.17, 15) is 0 Å². The van der Waals surface area contributed by atoms with Gasteiger partial charge in [-0.1, -0.05) is 11.6 Å². The molecule has 1 fully saturated rings. The summed E-state index contributed by atoms with van der Waals surface area (Å²) in [4.78, 5) is 0. The summed E-state index contributed by atoms with van der Waals surface area (Å²) in [5.41, 5.74) is 0. The van der Waals surface area contributed by atoms with E-state index < -0.39 is 0 Å². The zero-order valence-corrected chi connectivity index (χ0v) is 10.1. The molecule has 0 aliphatic heterocycles. The van der Waals surface area contributed by atoms with Crippen molar-refractivity contribution in [3.8, 4) is 5.75 Å². The van der Waals surface area contributed by atoms with Crippen LogP contribution in [0.1, 0.15) is 25.7 Å². The van der Waals surface area contributed by atoms with Crippen molar-refractivity contribution in [2.24, 2.45) is 0 Å². The lowest BCUT2D eigenvalue weighted by molar-refractivity contribution is 0.208. The molecule has 0 saturated heterocycles. The first-order chi connectivity index (χ1) is 6.75. The molecule has 0 heterocycles. The number of rotatable bonds is 2. The Morgan fingerprint density at radius 2 is 2.00 bits per heavy atom. The molecule has 0 amide bonds. The maximum absolute atomic E-state index is 5.86. The molecule has 2 rings (SSSR count). The molecule has 1 nitrogen and oxygen atoms in total. The second-order valence-corrected chi connectivity index (χ2v) is 4.89. The molecule has 14 heavy (non-hydrogen) atoms. The molecular formula is C11H12BrClO. The summed E-state index contributed by atoms with van der Waals surface area (Å²) in [6.45, 7) is 0. The van der Waals surface area contributed by atoms with Crippen LogP contribution in [0.5, 0.6) is 5.75 Å². The first-order valence-corrected chi connectivity index (χ1v) is 6.04. The Balaban J connectivity index is 2.08. The Hall–Kier alpha value is -0.210. The Kier molecular flexibility index (Phi) is 3.34. The van der Waals surface area contributed by atoms with E-state index in [0.717, 1.165) is 15.2 Å². The SMILES string of the molecule is Clc1ccc(OC2CCCC2)c(Br)c1. The molecule has 1 aromatic rings. The van der Waals surface area contributed by atoms with Crippen molar-refractivity contribution >= 4 is 27.5 Å². The van der Waals surface area contributed by atoms with Gasteiger partial charge in [-0.15, -0.1) is 0 Å². The van der Waals surface area contributed by atoms with Crippen molar-refractivity contribution < 1.29 is 4.74 Å². The number of hydrogen-bond donors (Lipinski definition) is 0. The molecule has 1 aliphatic rings. The van der Waals surface area contributed by atoms with Crippen molar-refractivity contribution in [3.63, 3.8) is 0 Å². The lowest BCUT2D eigenvalue weighted by atomic mass is 10.3. The topological polar surface area (TPSA) is 9.23 Å². The fraction of sp³-hybridized carbons (Fsp3) is 0.455. The second-order valence-electron chi connectivity index (χ2n) is 3.60. The van der Waals surface area contributed by atoms with Gasteiger partial charge in [0.2, 0.25) is 0 Å². The van der Waals surface area contributed by atoms with Crippen LogP contribution in [-0.2, 0) is 0 Å². The van der Waals surface area contributed by atoms with Gasteiger partial charge in [0.1, 0.15) is 5.75 Å². The molecule has 76 valence electrons. The van der Waals surface area contributed by atoms with E-state index in [0.29, 0.717) is 6.10 Å². The molecule has 0 atom stereocenters. The van der Waals surface area contributed by atoms with Crippen LogP contribution in [0.25, 0.3) is 0 Å². The van der Waals surface area contributed by atoms with E-state index in [-0.39, 0.29) is 0 Å². The average molecular weight is 276 g/mol. The average Bonchev–Trinajstić information content (AvgIpc) is 2.62. The predicted octanol–water partition coefficient (Wildman–Crippen LogP) is 4.42. The summed E-state index contributed by atoms with van der Waals surface area (Å²) in [5.74, 6) is 0.904. The van der Waals surface area contributed by atoms with Crippen LogP contribution >= 0.6 is 27.5 Å². The lowest BCUT2D eigenvalue weighted by Crippen LogP contribution is -2.10. The Bertz CT molecular complexity index is 321. The van der Waals surface area contributed by atoms with Crippen molar-refractivity contribution in [1.82, 2.24) is 0 Å². The minimum absolute atomic E-state index is 0.396. The number of hydrogen-bond acceptors (Lipinski definition) is 1. The Morgan fingerprint density at radius 1 is 1.29 bits per heavy atom. The zero-order chi connectivity index (χ0) is 9.97. The first-order valence-electron chi connectivity index (χ1n) is 4.87. The van der Waals surface area contributed by atoms with Gasteiger partial charge in [0, 0.05) is 5.02 Å². The van der Waals surface area contributed by atoms with Gasteiger partial charge in [-0.05, 0) is 59.8 Å². The minimum Gasteiger partial charge on any atom is -0.489 e. The number of benzene rings is 1. The normalized spacial score (nSPS) is 17.3. The number of ether oxygens (including phenoxy) is 1. The van der Waals surface area contributed by atoms with Gasteiger partial charge in [-0.2, -0.15) is 0 Å². The van der Waals surface area contributed by atoms with Crippen LogP contribution in [0.15, 0.2) is 22.7 Å². The summed E-state index contributed by atoms with van der Waals surface area (Å²) in [6.07, 6.45) is 5.32. The fourth-order valence-electron chi connectivity index (χ4n) is 1.76. The molecule has 0 radical (unpaired) electrons. The molecule has 0 spiro atoms. The maximum Gasteiger partial charge on any atom is 0.133 e. The summed E-state index contributed by atoms with van der Waals surface area (Å²) in [7, 11) is 0. The minimum atomic E-state index is 0.396. The Labute approximate surface area is 97.5 Å². The smallest absolute Gasteiger partial charge is 0.133 e. The predicted molar refractivity (Wildman–Crippen MR) is 62.0 cm³/mol. The van der Waals surface area contributed by atoms with Gasteiger partial charge >= 0.3 is 0 Å². The third-order valence-corrected chi connectivity index (χ3v) is 3.34. The zero-order valence-electron chi connectivity index (χ0n) is 7.80. The third kappa shape index (κ3) is 2.43. The standard InChI is InChI=1S/C11H12BrClO/c12-10-7-8(13)5-6-11(10)14-9-3-1-2-4-9/h5-7,9H,1-4H2. The van der Waals surface area contributed by atoms with Crippen LogP contribution in [0.4, 0.5) is 0 Å². The van der Waals surface area contributed by atoms with Gasteiger partial charge in [0.05, 0.1) is 10.6 Å². The van der Waals surface area contributed by atoms with Crippen molar-refractivity contribution in [2.45, 2.75) is 31.8 Å². The molecule has 1 aliphatic carbocycles. The molecule has 0 bridgehead atoms. The van der Waals surface area contributed by atoms with Crippen LogP contribution in [-0.4, -0.2) is 6.10 Å². The van der Waals surface area contributed by atoms with E-state index >= 15 is 0 Å². The van der Waals surface area contributed by atoms with Gasteiger partial charge in [-0.3, -0.25) is 0 Å². The van der Waals surface area contributed by atoms with Crippen LogP contribution in [0, 0.1) is 0 Å². The number of halogens is 2. The summed E-state index contributed by atoms with van der Waals surface area (Å²) in [5, 5.41) is 0.732. The van der Waals surface area contributed by atoms with E-state index in [1.165, 1.54) is 25.7 Å². The van der Waals surface area contributed by atoms with E-state index in [1.54, 1.807) is 0 Å². The quantitative estimate of drug-likeness (QED) is 0.776. The second kappa shape index (κ2) is 4.54. The molecule has 1 saturated carbocycles.